The van der Waals surface area contributed by atoms with Crippen molar-refractivity contribution in [2.75, 3.05) is 12.3 Å². The SMILES string of the molecule is CCC([O])C1CCSNC1. The summed E-state index contributed by atoms with van der Waals surface area (Å²) in [5.74, 6) is 1.48. The van der Waals surface area contributed by atoms with Crippen molar-refractivity contribution >= 4 is 11.9 Å². The second-order valence-electron chi connectivity index (χ2n) is 2.69. The molecule has 0 aromatic carbocycles. The van der Waals surface area contributed by atoms with E-state index in [1.165, 1.54) is 0 Å². The number of nitrogens with one attached hydrogen (secondary N) is 1. The summed E-state index contributed by atoms with van der Waals surface area (Å²) < 4.78 is 3.17. The third-order valence-electron chi connectivity index (χ3n) is 1.97. The van der Waals surface area contributed by atoms with Crippen LogP contribution in [-0.4, -0.2) is 18.4 Å². The van der Waals surface area contributed by atoms with Crippen LogP contribution in [0.4, 0.5) is 0 Å². The fourth-order valence-corrected chi connectivity index (χ4v) is 2.10. The summed E-state index contributed by atoms with van der Waals surface area (Å²) in [6.07, 6.45) is 1.53. The predicted molar refractivity (Wildman–Crippen MR) is 43.3 cm³/mol. The molecular weight excluding hydrogens is 146 g/mol. The highest BCUT2D eigenvalue weighted by Crippen LogP contribution is 2.19. The first-order valence-electron chi connectivity index (χ1n) is 3.85. The molecule has 1 rings (SSSR count). The lowest BCUT2D eigenvalue weighted by Gasteiger charge is -2.24. The summed E-state index contributed by atoms with van der Waals surface area (Å²) >= 11 is 1.74. The molecule has 0 aliphatic carbocycles. The van der Waals surface area contributed by atoms with Crippen molar-refractivity contribution in [3.8, 4) is 0 Å². The van der Waals surface area contributed by atoms with Crippen molar-refractivity contribution in [1.29, 1.82) is 0 Å². The van der Waals surface area contributed by atoms with Crippen LogP contribution in [0.1, 0.15) is 19.8 Å². The Balaban J connectivity index is 2.24. The first kappa shape index (κ1) is 8.37. The third-order valence-corrected chi connectivity index (χ3v) is 2.78. The van der Waals surface area contributed by atoms with Crippen LogP contribution in [0, 0.1) is 5.92 Å². The molecule has 59 valence electrons. The minimum absolute atomic E-state index is 0.339. The van der Waals surface area contributed by atoms with Gasteiger partial charge in [-0.15, -0.1) is 0 Å². The zero-order valence-corrected chi connectivity index (χ0v) is 7.12. The maximum atomic E-state index is 11.2. The van der Waals surface area contributed by atoms with E-state index in [1.807, 2.05) is 6.92 Å². The van der Waals surface area contributed by atoms with Gasteiger partial charge in [0.25, 0.3) is 0 Å². The van der Waals surface area contributed by atoms with E-state index < -0.39 is 0 Å². The van der Waals surface area contributed by atoms with Gasteiger partial charge in [0, 0.05) is 18.2 Å². The summed E-state index contributed by atoms with van der Waals surface area (Å²) in [5, 5.41) is 11.2. The zero-order chi connectivity index (χ0) is 7.40. The lowest BCUT2D eigenvalue weighted by atomic mass is 9.98. The Bertz CT molecular complexity index is 93.6. The van der Waals surface area contributed by atoms with Crippen molar-refractivity contribution in [3.05, 3.63) is 0 Å². The lowest BCUT2D eigenvalue weighted by Crippen LogP contribution is -2.32. The van der Waals surface area contributed by atoms with Gasteiger partial charge in [0.1, 0.15) is 0 Å². The molecule has 0 saturated carbocycles. The Morgan fingerprint density at radius 2 is 2.60 bits per heavy atom. The highest BCUT2D eigenvalue weighted by atomic mass is 32.2. The van der Waals surface area contributed by atoms with Crippen molar-refractivity contribution < 1.29 is 5.11 Å². The van der Waals surface area contributed by atoms with E-state index in [0.717, 1.165) is 25.1 Å². The van der Waals surface area contributed by atoms with Crippen molar-refractivity contribution in [1.82, 2.24) is 4.72 Å². The first-order valence-corrected chi connectivity index (χ1v) is 4.83. The standard InChI is InChI=1S/C7H14NOS/c1-2-7(9)6-3-4-10-8-5-6/h6-8H,2-5H2,1H3. The molecule has 10 heavy (non-hydrogen) atoms. The molecule has 1 N–H and O–H groups in total. The smallest absolute Gasteiger partial charge is 0.0968 e. The quantitative estimate of drug-likeness (QED) is 0.620. The van der Waals surface area contributed by atoms with Gasteiger partial charge in [-0.3, -0.25) is 4.72 Å². The summed E-state index contributed by atoms with van der Waals surface area (Å²) in [4.78, 5) is 0. The van der Waals surface area contributed by atoms with Gasteiger partial charge in [-0.05, 0) is 12.8 Å². The fourth-order valence-electron chi connectivity index (χ4n) is 1.20. The van der Waals surface area contributed by atoms with Gasteiger partial charge < -0.3 is 0 Å². The van der Waals surface area contributed by atoms with Crippen LogP contribution in [0.5, 0.6) is 0 Å². The minimum atomic E-state index is -0.339. The largest absolute Gasteiger partial charge is 0.264 e. The van der Waals surface area contributed by atoms with Crippen LogP contribution >= 0.6 is 11.9 Å². The van der Waals surface area contributed by atoms with E-state index in [0.29, 0.717) is 5.92 Å². The number of rotatable bonds is 2. The molecule has 1 heterocycles. The highest BCUT2D eigenvalue weighted by molar-refractivity contribution is 7.97. The lowest BCUT2D eigenvalue weighted by molar-refractivity contribution is 0.0333. The normalized spacial score (nSPS) is 30.0. The monoisotopic (exact) mass is 160 g/mol. The molecule has 1 aliphatic rings. The molecule has 0 bridgehead atoms. The van der Waals surface area contributed by atoms with Crippen molar-refractivity contribution in [3.63, 3.8) is 0 Å². The van der Waals surface area contributed by atoms with Crippen LogP contribution in [0.15, 0.2) is 0 Å². The second-order valence-corrected chi connectivity index (χ2v) is 3.68. The Morgan fingerprint density at radius 1 is 1.80 bits per heavy atom. The molecule has 0 aromatic heterocycles. The average molecular weight is 160 g/mol. The van der Waals surface area contributed by atoms with Crippen molar-refractivity contribution in [2.24, 2.45) is 5.92 Å². The zero-order valence-electron chi connectivity index (χ0n) is 6.30. The second kappa shape index (κ2) is 4.21. The molecule has 1 aliphatic heterocycles. The van der Waals surface area contributed by atoms with Gasteiger partial charge in [-0.2, -0.15) is 0 Å². The van der Waals surface area contributed by atoms with Gasteiger partial charge in [-0.1, -0.05) is 18.9 Å². The van der Waals surface area contributed by atoms with Gasteiger partial charge >= 0.3 is 0 Å². The molecule has 3 heteroatoms. The average Bonchev–Trinajstić information content (AvgIpc) is 2.05. The minimum Gasteiger partial charge on any atom is -0.264 e. The summed E-state index contributed by atoms with van der Waals surface area (Å²) in [5.41, 5.74) is 0. The van der Waals surface area contributed by atoms with E-state index in [9.17, 15) is 5.11 Å². The fraction of sp³-hybridized carbons (Fsp3) is 1.00. The van der Waals surface area contributed by atoms with Gasteiger partial charge in [-0.25, -0.2) is 5.11 Å². The van der Waals surface area contributed by atoms with Crippen LogP contribution in [0.2, 0.25) is 0 Å². The van der Waals surface area contributed by atoms with Crippen LogP contribution in [0.3, 0.4) is 0 Å². The molecule has 2 atom stereocenters. The van der Waals surface area contributed by atoms with E-state index in [1.54, 1.807) is 11.9 Å². The summed E-state index contributed by atoms with van der Waals surface area (Å²) in [6, 6.07) is 0. The Labute approximate surface area is 66.5 Å². The molecule has 0 amide bonds. The number of hydrogen-bond acceptors (Lipinski definition) is 2. The Hall–Kier alpha value is 0.270. The molecular formula is C7H14NOS. The molecule has 2 unspecified atom stereocenters. The predicted octanol–water partition coefficient (Wildman–Crippen LogP) is 1.45. The van der Waals surface area contributed by atoms with E-state index in [2.05, 4.69) is 4.72 Å². The molecule has 0 spiro atoms. The van der Waals surface area contributed by atoms with E-state index in [4.69, 9.17) is 0 Å². The van der Waals surface area contributed by atoms with Gasteiger partial charge in [0.05, 0.1) is 6.10 Å². The maximum Gasteiger partial charge on any atom is 0.0968 e. The highest BCUT2D eigenvalue weighted by Gasteiger charge is 2.21. The molecule has 1 fully saturated rings. The van der Waals surface area contributed by atoms with Crippen LogP contribution in [0.25, 0.3) is 0 Å². The molecule has 1 saturated heterocycles. The first-order chi connectivity index (χ1) is 4.84. The topological polar surface area (TPSA) is 31.9 Å². The molecule has 0 aromatic rings. The number of hydrogen-bond donors (Lipinski definition) is 1. The van der Waals surface area contributed by atoms with Crippen LogP contribution < -0.4 is 4.72 Å². The van der Waals surface area contributed by atoms with E-state index >= 15 is 0 Å². The third kappa shape index (κ3) is 2.15. The van der Waals surface area contributed by atoms with Crippen molar-refractivity contribution in [2.45, 2.75) is 25.9 Å². The Kier molecular flexibility index (Phi) is 3.52. The van der Waals surface area contributed by atoms with Gasteiger partial charge in [0.15, 0.2) is 0 Å². The summed E-state index contributed by atoms with van der Waals surface area (Å²) in [7, 11) is 0. The van der Waals surface area contributed by atoms with Crippen LogP contribution in [-0.2, 0) is 5.11 Å². The molecule has 2 nitrogen and oxygen atoms in total. The maximum absolute atomic E-state index is 11.2. The summed E-state index contributed by atoms with van der Waals surface area (Å²) in [6.45, 7) is 2.88. The molecule has 1 radical (unpaired) electrons. The van der Waals surface area contributed by atoms with E-state index in [-0.39, 0.29) is 6.10 Å². The van der Waals surface area contributed by atoms with Gasteiger partial charge in [0.2, 0.25) is 0 Å². The Morgan fingerprint density at radius 3 is 3.10 bits per heavy atom.